The van der Waals surface area contributed by atoms with Crippen LogP contribution >= 0.6 is 0 Å². The van der Waals surface area contributed by atoms with Crippen molar-refractivity contribution in [2.75, 3.05) is 0 Å². The summed E-state index contributed by atoms with van der Waals surface area (Å²) in [6.45, 7) is 1.82. The van der Waals surface area contributed by atoms with Gasteiger partial charge in [-0.25, -0.2) is 13.8 Å². The van der Waals surface area contributed by atoms with Gasteiger partial charge in [-0.2, -0.15) is 0 Å². The molecule has 3 nitrogen and oxygen atoms in total. The maximum Gasteiger partial charge on any atom is 0.219 e. The largest absolute Gasteiger partial charge is 0.436 e. The lowest BCUT2D eigenvalue weighted by atomic mass is 10.1. The minimum atomic E-state index is -0.775. The van der Waals surface area contributed by atoms with Crippen molar-refractivity contribution >= 4 is 0 Å². The molecule has 2 aromatic rings. The summed E-state index contributed by atoms with van der Waals surface area (Å²) < 4.78 is 31.4. The summed E-state index contributed by atoms with van der Waals surface area (Å²) in [5.41, 5.74) is 6.54. The number of hydrogen-bond donors (Lipinski definition) is 1. The fraction of sp³-hybridized carbons (Fsp3) is 0.154. The molecule has 2 rings (SSSR count). The molecule has 1 atom stereocenters. The first-order chi connectivity index (χ1) is 8.56. The molecule has 0 spiro atoms. The fourth-order valence-corrected chi connectivity index (χ4v) is 1.43. The minimum Gasteiger partial charge on any atom is -0.436 e. The second-order valence-corrected chi connectivity index (χ2v) is 3.89. The van der Waals surface area contributed by atoms with Gasteiger partial charge in [0.25, 0.3) is 0 Å². The molecule has 0 saturated carbocycles. The second-order valence-electron chi connectivity index (χ2n) is 3.89. The summed E-state index contributed by atoms with van der Waals surface area (Å²) in [5, 5.41) is 0. The van der Waals surface area contributed by atoms with E-state index in [4.69, 9.17) is 10.5 Å². The number of halogens is 2. The Morgan fingerprint density at radius 1 is 1.22 bits per heavy atom. The maximum absolute atomic E-state index is 13.4. The summed E-state index contributed by atoms with van der Waals surface area (Å²) in [7, 11) is 0. The van der Waals surface area contributed by atoms with Gasteiger partial charge in [0.1, 0.15) is 5.82 Å². The van der Waals surface area contributed by atoms with Crippen molar-refractivity contribution in [1.82, 2.24) is 4.98 Å². The smallest absolute Gasteiger partial charge is 0.219 e. The van der Waals surface area contributed by atoms with E-state index in [0.29, 0.717) is 0 Å². The Hall–Kier alpha value is -2.01. The van der Waals surface area contributed by atoms with Gasteiger partial charge in [0.05, 0.1) is 0 Å². The summed E-state index contributed by atoms with van der Waals surface area (Å²) >= 11 is 0. The van der Waals surface area contributed by atoms with E-state index in [2.05, 4.69) is 4.98 Å². The monoisotopic (exact) mass is 250 g/mol. The molecule has 0 aliphatic heterocycles. The zero-order chi connectivity index (χ0) is 13.1. The molecule has 1 aromatic heterocycles. The van der Waals surface area contributed by atoms with Crippen LogP contribution in [0.2, 0.25) is 0 Å². The molecular weight excluding hydrogens is 238 g/mol. The zero-order valence-electron chi connectivity index (χ0n) is 9.73. The molecule has 5 heteroatoms. The summed E-state index contributed by atoms with van der Waals surface area (Å²) in [6.07, 6.45) is 1.52. The Morgan fingerprint density at radius 3 is 2.67 bits per heavy atom. The van der Waals surface area contributed by atoms with Crippen LogP contribution in [0, 0.1) is 11.6 Å². The van der Waals surface area contributed by atoms with Gasteiger partial charge in [-0.05, 0) is 30.7 Å². The first-order valence-corrected chi connectivity index (χ1v) is 5.40. The van der Waals surface area contributed by atoms with Crippen LogP contribution in [-0.2, 0) is 0 Å². The normalized spacial score (nSPS) is 12.2. The maximum atomic E-state index is 13.4. The summed E-state index contributed by atoms with van der Waals surface area (Å²) in [5.74, 6) is -1.29. The molecule has 94 valence electrons. The lowest BCUT2D eigenvalue weighted by molar-refractivity contribution is 0.423. The molecule has 0 amide bonds. The average molecular weight is 250 g/mol. The van der Waals surface area contributed by atoms with E-state index in [1.54, 1.807) is 12.1 Å². The van der Waals surface area contributed by atoms with Gasteiger partial charge in [0, 0.05) is 24.4 Å². The first-order valence-electron chi connectivity index (χ1n) is 5.40. The number of ether oxygens (including phenoxy) is 1. The molecule has 18 heavy (non-hydrogen) atoms. The lowest BCUT2D eigenvalue weighted by Crippen LogP contribution is -2.05. The third kappa shape index (κ3) is 2.81. The minimum absolute atomic E-state index is 0.0780. The van der Waals surface area contributed by atoms with Crippen molar-refractivity contribution in [3.63, 3.8) is 0 Å². The van der Waals surface area contributed by atoms with Crippen LogP contribution in [0.5, 0.6) is 11.6 Å². The van der Waals surface area contributed by atoms with Gasteiger partial charge >= 0.3 is 0 Å². The van der Waals surface area contributed by atoms with Crippen LogP contribution in [0.1, 0.15) is 18.5 Å². The van der Waals surface area contributed by atoms with Crippen LogP contribution < -0.4 is 10.5 Å². The third-order valence-corrected chi connectivity index (χ3v) is 2.39. The van der Waals surface area contributed by atoms with Crippen LogP contribution in [0.15, 0.2) is 36.5 Å². The van der Waals surface area contributed by atoms with E-state index < -0.39 is 11.6 Å². The number of nitrogens with two attached hydrogens (primary N) is 1. The topological polar surface area (TPSA) is 48.1 Å². The van der Waals surface area contributed by atoms with Crippen molar-refractivity contribution in [1.29, 1.82) is 0 Å². The van der Waals surface area contributed by atoms with E-state index in [1.165, 1.54) is 12.3 Å². The van der Waals surface area contributed by atoms with Crippen LogP contribution in [0.4, 0.5) is 8.78 Å². The standard InChI is InChI=1S/C13H12F2N2O/c1-8(16)9-4-5-17-13(6-9)18-12-3-2-10(14)7-11(12)15/h2-8H,16H2,1H3/t8-/m0/s1. The molecule has 0 fully saturated rings. The van der Waals surface area contributed by atoms with E-state index in [9.17, 15) is 8.78 Å². The quantitative estimate of drug-likeness (QED) is 0.910. The predicted molar refractivity (Wildman–Crippen MR) is 63.3 cm³/mol. The third-order valence-electron chi connectivity index (χ3n) is 2.39. The first kappa shape index (κ1) is 12.4. The highest BCUT2D eigenvalue weighted by atomic mass is 19.1. The number of hydrogen-bond acceptors (Lipinski definition) is 3. The number of nitrogens with zero attached hydrogens (tertiary/aromatic N) is 1. The Morgan fingerprint density at radius 2 is 2.00 bits per heavy atom. The number of pyridine rings is 1. The summed E-state index contributed by atoms with van der Waals surface area (Å²) in [6, 6.07) is 6.28. The van der Waals surface area contributed by atoms with Gasteiger partial charge in [-0.15, -0.1) is 0 Å². The van der Waals surface area contributed by atoms with Crippen LogP contribution in [0.25, 0.3) is 0 Å². The van der Waals surface area contributed by atoms with E-state index in [-0.39, 0.29) is 17.7 Å². The Balaban J connectivity index is 2.25. The highest BCUT2D eigenvalue weighted by Crippen LogP contribution is 2.24. The Bertz CT molecular complexity index is 558. The molecule has 2 N–H and O–H groups in total. The number of benzene rings is 1. The second kappa shape index (κ2) is 5.10. The highest BCUT2D eigenvalue weighted by molar-refractivity contribution is 5.31. The van der Waals surface area contributed by atoms with Crippen LogP contribution in [-0.4, -0.2) is 4.98 Å². The molecule has 1 aromatic carbocycles. The SMILES string of the molecule is C[C@H](N)c1ccnc(Oc2ccc(F)cc2F)c1. The Labute approximate surface area is 103 Å². The molecular formula is C13H12F2N2O. The number of rotatable bonds is 3. The molecule has 0 aliphatic rings. The summed E-state index contributed by atoms with van der Waals surface area (Å²) in [4.78, 5) is 3.94. The van der Waals surface area contributed by atoms with Crippen molar-refractivity contribution in [3.8, 4) is 11.6 Å². The fourth-order valence-electron chi connectivity index (χ4n) is 1.43. The van der Waals surface area contributed by atoms with E-state index in [0.717, 1.165) is 17.7 Å². The average Bonchev–Trinajstić information content (AvgIpc) is 2.33. The molecule has 0 unspecified atom stereocenters. The molecule has 0 aliphatic carbocycles. The van der Waals surface area contributed by atoms with Gasteiger partial charge in [0.15, 0.2) is 11.6 Å². The van der Waals surface area contributed by atoms with Gasteiger partial charge in [0.2, 0.25) is 5.88 Å². The van der Waals surface area contributed by atoms with E-state index in [1.807, 2.05) is 6.92 Å². The van der Waals surface area contributed by atoms with Crippen molar-refractivity contribution in [2.45, 2.75) is 13.0 Å². The van der Waals surface area contributed by atoms with Crippen molar-refractivity contribution in [3.05, 3.63) is 53.7 Å². The zero-order valence-corrected chi connectivity index (χ0v) is 9.73. The molecule has 0 radical (unpaired) electrons. The van der Waals surface area contributed by atoms with Gasteiger partial charge in [-0.3, -0.25) is 0 Å². The van der Waals surface area contributed by atoms with Crippen LogP contribution in [0.3, 0.4) is 0 Å². The Kier molecular flexibility index (Phi) is 3.53. The van der Waals surface area contributed by atoms with Crippen molar-refractivity contribution in [2.24, 2.45) is 5.73 Å². The predicted octanol–water partition coefficient (Wildman–Crippen LogP) is 3.17. The molecule has 0 bridgehead atoms. The number of aromatic nitrogens is 1. The van der Waals surface area contributed by atoms with Gasteiger partial charge in [-0.1, -0.05) is 0 Å². The van der Waals surface area contributed by atoms with Gasteiger partial charge < -0.3 is 10.5 Å². The molecule has 1 heterocycles. The van der Waals surface area contributed by atoms with E-state index >= 15 is 0 Å². The lowest BCUT2D eigenvalue weighted by Gasteiger charge is -2.09. The van der Waals surface area contributed by atoms with Crippen molar-refractivity contribution < 1.29 is 13.5 Å². The highest BCUT2D eigenvalue weighted by Gasteiger charge is 2.08. The molecule has 0 saturated heterocycles.